The van der Waals surface area contributed by atoms with Crippen LogP contribution in [0.15, 0.2) is 24.3 Å². The third-order valence-electron chi connectivity index (χ3n) is 2.90. The molecule has 0 radical (unpaired) electrons. The summed E-state index contributed by atoms with van der Waals surface area (Å²) < 4.78 is 0. The van der Waals surface area contributed by atoms with Crippen molar-refractivity contribution >= 4 is 11.6 Å². The minimum absolute atomic E-state index is 0.292. The Morgan fingerprint density at radius 1 is 1.28 bits per heavy atom. The first-order valence-corrected chi connectivity index (χ1v) is 6.59. The second kappa shape index (κ2) is 7.04. The van der Waals surface area contributed by atoms with Gasteiger partial charge in [-0.05, 0) is 29.9 Å². The first kappa shape index (κ1) is 14.6. The number of amides is 1. The number of carbonyl (C=O) groups excluding carboxylic acids is 1. The molecule has 3 N–H and O–H groups in total. The van der Waals surface area contributed by atoms with Crippen molar-refractivity contribution in [2.45, 2.75) is 33.6 Å². The zero-order chi connectivity index (χ0) is 13.5. The summed E-state index contributed by atoms with van der Waals surface area (Å²) in [5, 5.41) is 3.42. The molecule has 100 valence electrons. The highest BCUT2D eigenvalue weighted by atomic mass is 16.1. The highest BCUT2D eigenvalue weighted by Gasteiger charge is 2.08. The number of rotatable bonds is 7. The number of anilines is 1. The molecule has 1 atom stereocenters. The average Bonchev–Trinajstić information content (AvgIpc) is 2.26. The van der Waals surface area contributed by atoms with Crippen LogP contribution in [0.2, 0.25) is 0 Å². The third-order valence-corrected chi connectivity index (χ3v) is 2.90. The Hall–Kier alpha value is -1.51. The molecule has 3 nitrogen and oxygen atoms in total. The lowest BCUT2D eigenvalue weighted by molar-refractivity contribution is -0.117. The van der Waals surface area contributed by atoms with Crippen LogP contribution < -0.4 is 11.1 Å². The Morgan fingerprint density at radius 3 is 2.56 bits per heavy atom. The highest BCUT2D eigenvalue weighted by molar-refractivity contribution is 5.78. The Labute approximate surface area is 110 Å². The van der Waals surface area contributed by atoms with Crippen LogP contribution in [0.4, 0.5) is 5.69 Å². The van der Waals surface area contributed by atoms with Crippen LogP contribution in [0.5, 0.6) is 0 Å². The van der Waals surface area contributed by atoms with Gasteiger partial charge in [-0.1, -0.05) is 39.0 Å². The molecule has 0 aliphatic carbocycles. The first-order chi connectivity index (χ1) is 8.49. The topological polar surface area (TPSA) is 55.1 Å². The third kappa shape index (κ3) is 5.21. The maximum atomic E-state index is 11.0. The van der Waals surface area contributed by atoms with Crippen molar-refractivity contribution in [3.8, 4) is 0 Å². The van der Waals surface area contributed by atoms with E-state index in [-0.39, 0.29) is 5.91 Å². The molecule has 0 fully saturated rings. The van der Waals surface area contributed by atoms with Crippen LogP contribution in [-0.2, 0) is 11.2 Å². The molecular formula is C15H24N2O. The van der Waals surface area contributed by atoms with Gasteiger partial charge in [-0.2, -0.15) is 0 Å². The number of benzene rings is 1. The van der Waals surface area contributed by atoms with Crippen molar-refractivity contribution in [1.82, 2.24) is 0 Å². The predicted molar refractivity (Wildman–Crippen MR) is 76.4 cm³/mol. The normalized spacial score (nSPS) is 12.4. The molecule has 3 heteroatoms. The van der Waals surface area contributed by atoms with Crippen LogP contribution in [0, 0.1) is 11.8 Å². The standard InChI is InChI=1S/C15H24N2O/c1-11(2)8-12(3)10-17-14-7-5-4-6-13(14)9-15(16)18/h4-7,11-12,17H,8-10H2,1-3H3,(H2,16,18). The molecule has 0 aliphatic rings. The van der Waals surface area contributed by atoms with E-state index in [2.05, 4.69) is 26.1 Å². The SMILES string of the molecule is CC(C)CC(C)CNc1ccccc1CC(N)=O. The van der Waals surface area contributed by atoms with Crippen molar-refractivity contribution in [2.75, 3.05) is 11.9 Å². The zero-order valence-corrected chi connectivity index (χ0v) is 11.6. The summed E-state index contributed by atoms with van der Waals surface area (Å²) in [7, 11) is 0. The lowest BCUT2D eigenvalue weighted by Gasteiger charge is -2.17. The maximum Gasteiger partial charge on any atom is 0.221 e. The molecule has 0 spiro atoms. The number of carbonyl (C=O) groups is 1. The molecule has 1 aromatic rings. The Morgan fingerprint density at radius 2 is 1.94 bits per heavy atom. The smallest absolute Gasteiger partial charge is 0.221 e. The van der Waals surface area contributed by atoms with Crippen LogP contribution >= 0.6 is 0 Å². The van der Waals surface area contributed by atoms with E-state index < -0.39 is 0 Å². The van der Waals surface area contributed by atoms with Crippen LogP contribution in [0.1, 0.15) is 32.8 Å². The van der Waals surface area contributed by atoms with Gasteiger partial charge >= 0.3 is 0 Å². The van der Waals surface area contributed by atoms with Crippen molar-refractivity contribution < 1.29 is 4.79 Å². The van der Waals surface area contributed by atoms with E-state index >= 15 is 0 Å². The Kier molecular flexibility index (Phi) is 5.69. The van der Waals surface area contributed by atoms with Crippen molar-refractivity contribution in [3.63, 3.8) is 0 Å². The Balaban J connectivity index is 2.58. The van der Waals surface area contributed by atoms with Gasteiger partial charge in [0.15, 0.2) is 0 Å². The van der Waals surface area contributed by atoms with Gasteiger partial charge in [0.25, 0.3) is 0 Å². The van der Waals surface area contributed by atoms with Gasteiger partial charge in [0.05, 0.1) is 6.42 Å². The fourth-order valence-electron chi connectivity index (χ4n) is 2.21. The number of nitrogens with two attached hydrogens (primary N) is 1. The number of hydrogen-bond acceptors (Lipinski definition) is 2. The monoisotopic (exact) mass is 248 g/mol. The van der Waals surface area contributed by atoms with E-state index in [1.807, 2.05) is 24.3 Å². The Bertz CT molecular complexity index is 388. The van der Waals surface area contributed by atoms with Gasteiger partial charge < -0.3 is 11.1 Å². The lowest BCUT2D eigenvalue weighted by Crippen LogP contribution is -2.17. The predicted octanol–water partition coefficient (Wildman–Crippen LogP) is 2.81. The summed E-state index contributed by atoms with van der Waals surface area (Å²) in [6.45, 7) is 7.63. The average molecular weight is 248 g/mol. The van der Waals surface area contributed by atoms with Crippen molar-refractivity contribution in [2.24, 2.45) is 17.6 Å². The molecule has 0 saturated heterocycles. The van der Waals surface area contributed by atoms with Gasteiger partial charge in [0.1, 0.15) is 0 Å². The van der Waals surface area contributed by atoms with Gasteiger partial charge in [-0.15, -0.1) is 0 Å². The van der Waals surface area contributed by atoms with E-state index in [0.29, 0.717) is 18.3 Å². The van der Waals surface area contributed by atoms with Crippen LogP contribution in [0.25, 0.3) is 0 Å². The van der Waals surface area contributed by atoms with E-state index in [0.717, 1.165) is 17.8 Å². The quantitative estimate of drug-likeness (QED) is 0.779. The lowest BCUT2D eigenvalue weighted by atomic mass is 9.98. The van der Waals surface area contributed by atoms with Gasteiger partial charge in [-0.3, -0.25) is 4.79 Å². The number of hydrogen-bond donors (Lipinski definition) is 2. The molecule has 1 unspecified atom stereocenters. The van der Waals surface area contributed by atoms with Crippen molar-refractivity contribution in [3.05, 3.63) is 29.8 Å². The van der Waals surface area contributed by atoms with Gasteiger partial charge in [-0.25, -0.2) is 0 Å². The van der Waals surface area contributed by atoms with E-state index in [9.17, 15) is 4.79 Å². The fraction of sp³-hybridized carbons (Fsp3) is 0.533. The molecule has 1 rings (SSSR count). The minimum Gasteiger partial charge on any atom is -0.385 e. The van der Waals surface area contributed by atoms with Crippen LogP contribution in [0.3, 0.4) is 0 Å². The van der Waals surface area contributed by atoms with Crippen LogP contribution in [-0.4, -0.2) is 12.5 Å². The van der Waals surface area contributed by atoms with E-state index in [1.165, 1.54) is 6.42 Å². The number of nitrogens with one attached hydrogen (secondary N) is 1. The minimum atomic E-state index is -0.292. The van der Waals surface area contributed by atoms with Crippen molar-refractivity contribution in [1.29, 1.82) is 0 Å². The molecule has 18 heavy (non-hydrogen) atoms. The summed E-state index contributed by atoms with van der Waals surface area (Å²) in [5.74, 6) is 1.04. The highest BCUT2D eigenvalue weighted by Crippen LogP contribution is 2.17. The second-order valence-electron chi connectivity index (χ2n) is 5.42. The molecule has 0 bridgehead atoms. The second-order valence-corrected chi connectivity index (χ2v) is 5.42. The first-order valence-electron chi connectivity index (χ1n) is 6.59. The summed E-state index contributed by atoms with van der Waals surface area (Å²) in [5.41, 5.74) is 7.24. The zero-order valence-electron chi connectivity index (χ0n) is 11.6. The molecular weight excluding hydrogens is 224 g/mol. The molecule has 0 aromatic heterocycles. The van der Waals surface area contributed by atoms with E-state index in [4.69, 9.17) is 5.73 Å². The summed E-state index contributed by atoms with van der Waals surface area (Å²) in [6.07, 6.45) is 1.49. The molecule has 0 heterocycles. The van der Waals surface area contributed by atoms with Gasteiger partial charge in [0.2, 0.25) is 5.91 Å². The fourth-order valence-corrected chi connectivity index (χ4v) is 2.21. The largest absolute Gasteiger partial charge is 0.385 e. The number of para-hydroxylation sites is 1. The summed E-state index contributed by atoms with van der Waals surface area (Å²) >= 11 is 0. The molecule has 0 saturated carbocycles. The molecule has 0 aliphatic heterocycles. The molecule has 1 aromatic carbocycles. The summed E-state index contributed by atoms with van der Waals surface area (Å²) in [4.78, 5) is 11.0. The van der Waals surface area contributed by atoms with Gasteiger partial charge in [0, 0.05) is 12.2 Å². The maximum absolute atomic E-state index is 11.0. The van der Waals surface area contributed by atoms with E-state index in [1.54, 1.807) is 0 Å². The molecule has 1 amide bonds. The summed E-state index contributed by atoms with van der Waals surface area (Å²) in [6, 6.07) is 7.85. The number of primary amides is 1.